The lowest BCUT2D eigenvalue weighted by Crippen LogP contribution is -2.39. The highest BCUT2D eigenvalue weighted by molar-refractivity contribution is 5.11. The Morgan fingerprint density at radius 2 is 2.00 bits per heavy atom. The van der Waals surface area contributed by atoms with Crippen molar-refractivity contribution in [2.45, 2.75) is 52.2 Å². The Kier molecular flexibility index (Phi) is 3.79. The lowest BCUT2D eigenvalue weighted by molar-refractivity contribution is -0.0776. The largest absolute Gasteiger partial charge is 0.389 e. The fraction of sp³-hybridized carbons (Fsp3) is 1.00. The minimum Gasteiger partial charge on any atom is -0.389 e. The third-order valence-corrected chi connectivity index (χ3v) is 5.78. The molecule has 2 saturated carbocycles. The molecule has 0 amide bonds. The second-order valence-electron chi connectivity index (χ2n) is 7.35. The number of aliphatic hydroxyl groups is 1. The van der Waals surface area contributed by atoms with Gasteiger partial charge in [0.1, 0.15) is 0 Å². The standard InChI is InChI=1S/C15H29NO2/c1-14(2)11-6-7-15(14,3)13(8-11)18-10-12(17)9-16(4)5/h11-13,17H,6-10H2,1-5H3/t11-,12+,13+,15-/m0/s1. The van der Waals surface area contributed by atoms with E-state index in [0.717, 1.165) is 5.92 Å². The topological polar surface area (TPSA) is 32.7 Å². The molecule has 2 aliphatic rings. The highest BCUT2D eigenvalue weighted by Gasteiger charge is 2.61. The van der Waals surface area contributed by atoms with E-state index in [1.807, 2.05) is 19.0 Å². The molecule has 4 atom stereocenters. The highest BCUT2D eigenvalue weighted by Crippen LogP contribution is 2.66. The molecule has 0 aromatic heterocycles. The molecule has 0 radical (unpaired) electrons. The van der Waals surface area contributed by atoms with Crippen LogP contribution in [0.3, 0.4) is 0 Å². The summed E-state index contributed by atoms with van der Waals surface area (Å²) in [5.41, 5.74) is 0.694. The number of nitrogens with zero attached hydrogens (tertiary/aromatic N) is 1. The van der Waals surface area contributed by atoms with Crippen LogP contribution in [0.5, 0.6) is 0 Å². The molecule has 0 aromatic rings. The first-order chi connectivity index (χ1) is 8.27. The summed E-state index contributed by atoms with van der Waals surface area (Å²) in [5, 5.41) is 9.90. The molecular formula is C15H29NO2. The summed E-state index contributed by atoms with van der Waals surface area (Å²) in [6, 6.07) is 0. The number of likely N-dealkylation sites (N-methyl/N-ethyl adjacent to an activating group) is 1. The number of ether oxygens (including phenoxy) is 1. The predicted molar refractivity (Wildman–Crippen MR) is 73.5 cm³/mol. The third kappa shape index (κ3) is 2.21. The van der Waals surface area contributed by atoms with Crippen LogP contribution in [0.2, 0.25) is 0 Å². The van der Waals surface area contributed by atoms with E-state index in [1.54, 1.807) is 0 Å². The zero-order chi connectivity index (χ0) is 13.6. The van der Waals surface area contributed by atoms with Gasteiger partial charge in [-0.2, -0.15) is 0 Å². The summed E-state index contributed by atoms with van der Waals surface area (Å²) >= 11 is 0. The van der Waals surface area contributed by atoms with Crippen molar-refractivity contribution in [1.82, 2.24) is 4.90 Å². The average molecular weight is 255 g/mol. The van der Waals surface area contributed by atoms with Gasteiger partial charge in [-0.15, -0.1) is 0 Å². The van der Waals surface area contributed by atoms with Crippen LogP contribution in [0.4, 0.5) is 0 Å². The van der Waals surface area contributed by atoms with Gasteiger partial charge in [-0.1, -0.05) is 20.8 Å². The van der Waals surface area contributed by atoms with Crippen molar-refractivity contribution in [3.63, 3.8) is 0 Å². The van der Waals surface area contributed by atoms with Gasteiger partial charge in [0.2, 0.25) is 0 Å². The van der Waals surface area contributed by atoms with Crippen molar-refractivity contribution < 1.29 is 9.84 Å². The number of fused-ring (bicyclic) bond motifs is 2. The molecular weight excluding hydrogens is 226 g/mol. The summed E-state index contributed by atoms with van der Waals surface area (Å²) in [6.45, 7) is 8.31. The maximum absolute atomic E-state index is 9.90. The van der Waals surface area contributed by atoms with E-state index in [1.165, 1.54) is 19.3 Å². The second-order valence-corrected chi connectivity index (χ2v) is 7.35. The van der Waals surface area contributed by atoms with Crippen molar-refractivity contribution >= 4 is 0 Å². The van der Waals surface area contributed by atoms with Crippen LogP contribution in [0, 0.1) is 16.7 Å². The van der Waals surface area contributed by atoms with Crippen LogP contribution in [-0.4, -0.2) is 49.5 Å². The zero-order valence-corrected chi connectivity index (χ0v) is 12.6. The summed E-state index contributed by atoms with van der Waals surface area (Å²) < 4.78 is 6.06. The van der Waals surface area contributed by atoms with Gasteiger partial charge in [0.25, 0.3) is 0 Å². The molecule has 0 spiro atoms. The molecule has 0 aliphatic heterocycles. The first kappa shape index (κ1) is 14.3. The lowest BCUT2D eigenvalue weighted by Gasteiger charge is -2.39. The van der Waals surface area contributed by atoms with Crippen molar-refractivity contribution in [2.75, 3.05) is 27.2 Å². The maximum Gasteiger partial charge on any atom is 0.0900 e. The quantitative estimate of drug-likeness (QED) is 0.817. The Labute approximate surface area is 112 Å². The number of hydrogen-bond donors (Lipinski definition) is 1. The summed E-state index contributed by atoms with van der Waals surface area (Å²) in [5.74, 6) is 0.804. The monoisotopic (exact) mass is 255 g/mol. The Morgan fingerprint density at radius 3 is 2.44 bits per heavy atom. The predicted octanol–water partition coefficient (Wildman–Crippen LogP) is 2.14. The lowest BCUT2D eigenvalue weighted by atomic mass is 9.70. The molecule has 0 aromatic carbocycles. The molecule has 2 bridgehead atoms. The molecule has 18 heavy (non-hydrogen) atoms. The smallest absolute Gasteiger partial charge is 0.0900 e. The first-order valence-corrected chi connectivity index (χ1v) is 7.22. The van der Waals surface area contributed by atoms with Gasteiger partial charge in [0.15, 0.2) is 0 Å². The molecule has 0 saturated heterocycles. The Morgan fingerprint density at radius 1 is 1.33 bits per heavy atom. The third-order valence-electron chi connectivity index (χ3n) is 5.78. The van der Waals surface area contributed by atoms with Crippen LogP contribution >= 0.6 is 0 Å². The van der Waals surface area contributed by atoms with Crippen molar-refractivity contribution in [2.24, 2.45) is 16.7 Å². The first-order valence-electron chi connectivity index (χ1n) is 7.22. The van der Waals surface area contributed by atoms with Gasteiger partial charge in [-0.3, -0.25) is 0 Å². The second kappa shape index (κ2) is 4.77. The molecule has 2 rings (SSSR count). The van der Waals surface area contributed by atoms with E-state index in [-0.39, 0.29) is 6.10 Å². The fourth-order valence-corrected chi connectivity index (χ4v) is 4.08. The molecule has 0 unspecified atom stereocenters. The summed E-state index contributed by atoms with van der Waals surface area (Å²) in [4.78, 5) is 2.00. The van der Waals surface area contributed by atoms with Crippen molar-refractivity contribution in [3.8, 4) is 0 Å². The minimum absolute atomic E-state index is 0.301. The van der Waals surface area contributed by atoms with Gasteiger partial charge in [0.05, 0.1) is 18.8 Å². The van der Waals surface area contributed by atoms with E-state index in [2.05, 4.69) is 20.8 Å². The van der Waals surface area contributed by atoms with Gasteiger partial charge in [0, 0.05) is 6.54 Å². The molecule has 3 heteroatoms. The van der Waals surface area contributed by atoms with Crippen molar-refractivity contribution in [3.05, 3.63) is 0 Å². The fourth-order valence-electron chi connectivity index (χ4n) is 4.08. The Balaban J connectivity index is 1.89. The van der Waals surface area contributed by atoms with E-state index in [9.17, 15) is 5.11 Å². The van der Waals surface area contributed by atoms with Gasteiger partial charge in [-0.05, 0) is 50.1 Å². The van der Waals surface area contributed by atoms with Crippen LogP contribution in [0.15, 0.2) is 0 Å². The number of aliphatic hydroxyl groups excluding tert-OH is 1. The minimum atomic E-state index is -0.370. The molecule has 1 N–H and O–H groups in total. The van der Waals surface area contributed by atoms with Gasteiger partial charge in [-0.25, -0.2) is 0 Å². The van der Waals surface area contributed by atoms with E-state index >= 15 is 0 Å². The normalized spacial score (nSPS) is 39.5. The SMILES string of the molecule is CN(C)C[C@@H](O)CO[C@@H]1C[C@@H]2CC[C@]1(C)C2(C)C. The molecule has 106 valence electrons. The van der Waals surface area contributed by atoms with Crippen LogP contribution < -0.4 is 0 Å². The van der Waals surface area contributed by atoms with Crippen LogP contribution in [0.25, 0.3) is 0 Å². The summed E-state index contributed by atoms with van der Waals surface area (Å²) in [7, 11) is 3.95. The van der Waals surface area contributed by atoms with Gasteiger partial charge < -0.3 is 14.7 Å². The van der Waals surface area contributed by atoms with Gasteiger partial charge >= 0.3 is 0 Å². The Bertz CT molecular complexity index is 303. The summed E-state index contributed by atoms with van der Waals surface area (Å²) in [6.07, 6.45) is 3.77. The van der Waals surface area contributed by atoms with E-state index in [4.69, 9.17) is 4.74 Å². The highest BCUT2D eigenvalue weighted by atomic mass is 16.5. The molecule has 2 aliphatic carbocycles. The molecule has 3 nitrogen and oxygen atoms in total. The number of hydrogen-bond acceptors (Lipinski definition) is 3. The Hall–Kier alpha value is -0.120. The van der Waals surface area contributed by atoms with Crippen LogP contribution in [-0.2, 0) is 4.74 Å². The number of rotatable bonds is 5. The van der Waals surface area contributed by atoms with Crippen molar-refractivity contribution in [1.29, 1.82) is 0 Å². The average Bonchev–Trinajstić information content (AvgIpc) is 2.57. The zero-order valence-electron chi connectivity index (χ0n) is 12.6. The van der Waals surface area contributed by atoms with E-state index in [0.29, 0.717) is 30.1 Å². The molecule has 0 heterocycles. The maximum atomic E-state index is 9.90. The molecule has 2 fully saturated rings. The van der Waals surface area contributed by atoms with Crippen LogP contribution in [0.1, 0.15) is 40.0 Å². The van der Waals surface area contributed by atoms with E-state index < -0.39 is 0 Å².